The van der Waals surface area contributed by atoms with Crippen molar-refractivity contribution in [1.29, 1.82) is 0 Å². The highest BCUT2D eigenvalue weighted by molar-refractivity contribution is 5.72. The first-order valence-corrected chi connectivity index (χ1v) is 7.67. The van der Waals surface area contributed by atoms with Crippen LogP contribution in [0.15, 0.2) is 0 Å². The van der Waals surface area contributed by atoms with Crippen LogP contribution in [0, 0.1) is 0 Å². The number of rotatable bonds is 6. The summed E-state index contributed by atoms with van der Waals surface area (Å²) in [6.07, 6.45) is 5.39. The summed E-state index contributed by atoms with van der Waals surface area (Å²) in [5, 5.41) is 0. The topological polar surface area (TPSA) is 55.8 Å². The maximum Gasteiger partial charge on any atom is 0.409 e. The quantitative estimate of drug-likeness (QED) is 0.704. The van der Waals surface area contributed by atoms with Crippen LogP contribution in [0.1, 0.15) is 59.3 Å². The molecule has 0 atom stereocenters. The van der Waals surface area contributed by atoms with Crippen LogP contribution in [0.2, 0.25) is 0 Å². The van der Waals surface area contributed by atoms with E-state index in [0.717, 1.165) is 25.7 Å². The van der Waals surface area contributed by atoms with Crippen LogP contribution in [0.5, 0.6) is 0 Å². The van der Waals surface area contributed by atoms with Crippen LogP contribution in [0.25, 0.3) is 0 Å². The number of hydrogen-bond donors (Lipinski definition) is 0. The van der Waals surface area contributed by atoms with Gasteiger partial charge in [0.05, 0.1) is 13.0 Å². The fraction of sp³-hybridized carbons (Fsp3) is 0.867. The van der Waals surface area contributed by atoms with E-state index in [-0.39, 0.29) is 30.6 Å². The van der Waals surface area contributed by atoms with Gasteiger partial charge in [0.25, 0.3) is 0 Å². The Kier molecular flexibility index (Phi) is 7.41. The second kappa shape index (κ2) is 8.82. The van der Waals surface area contributed by atoms with Crippen LogP contribution in [0.4, 0.5) is 4.79 Å². The van der Waals surface area contributed by atoms with Crippen LogP contribution < -0.4 is 0 Å². The lowest BCUT2D eigenvalue weighted by atomic mass is 9.98. The number of esters is 1. The Morgan fingerprint density at radius 2 is 1.85 bits per heavy atom. The van der Waals surface area contributed by atoms with E-state index >= 15 is 0 Å². The van der Waals surface area contributed by atoms with Crippen molar-refractivity contribution in [1.82, 2.24) is 4.90 Å². The number of ether oxygens (including phenoxy) is 2. The number of amides is 1. The maximum absolute atomic E-state index is 11.8. The van der Waals surface area contributed by atoms with Crippen LogP contribution >= 0.6 is 0 Å². The van der Waals surface area contributed by atoms with Gasteiger partial charge in [-0.2, -0.15) is 0 Å². The fourth-order valence-electron chi connectivity index (χ4n) is 2.41. The minimum Gasteiger partial charge on any atom is -0.462 e. The molecule has 0 aromatic carbocycles. The SMILES string of the molecule is CCOC(=O)N(CCC(=O)OC1CCCCC1)C(C)C. The van der Waals surface area contributed by atoms with E-state index in [2.05, 4.69) is 0 Å². The van der Waals surface area contributed by atoms with Crippen LogP contribution in [0.3, 0.4) is 0 Å². The van der Waals surface area contributed by atoms with E-state index < -0.39 is 0 Å². The summed E-state index contributed by atoms with van der Waals surface area (Å²) in [5.41, 5.74) is 0. The van der Waals surface area contributed by atoms with Crippen molar-refractivity contribution in [2.75, 3.05) is 13.2 Å². The molecule has 0 heterocycles. The Hall–Kier alpha value is -1.26. The zero-order valence-electron chi connectivity index (χ0n) is 12.9. The van der Waals surface area contributed by atoms with Gasteiger partial charge in [-0.1, -0.05) is 6.42 Å². The van der Waals surface area contributed by atoms with Crippen LogP contribution in [-0.2, 0) is 14.3 Å². The number of carbonyl (C=O) groups excluding carboxylic acids is 2. The third-order valence-electron chi connectivity index (χ3n) is 3.53. The summed E-state index contributed by atoms with van der Waals surface area (Å²) in [4.78, 5) is 25.1. The Morgan fingerprint density at radius 1 is 1.20 bits per heavy atom. The third-order valence-corrected chi connectivity index (χ3v) is 3.53. The van der Waals surface area contributed by atoms with Crippen molar-refractivity contribution in [2.24, 2.45) is 0 Å². The van der Waals surface area contributed by atoms with Gasteiger partial charge in [-0.05, 0) is 46.5 Å². The molecule has 0 saturated heterocycles. The molecule has 20 heavy (non-hydrogen) atoms. The van der Waals surface area contributed by atoms with Gasteiger partial charge in [0.2, 0.25) is 0 Å². The molecular weight excluding hydrogens is 258 g/mol. The smallest absolute Gasteiger partial charge is 0.409 e. The van der Waals surface area contributed by atoms with Gasteiger partial charge in [0, 0.05) is 12.6 Å². The van der Waals surface area contributed by atoms with Gasteiger partial charge in [0.1, 0.15) is 6.10 Å². The highest BCUT2D eigenvalue weighted by atomic mass is 16.6. The molecule has 1 aliphatic carbocycles. The first-order chi connectivity index (χ1) is 9.54. The number of nitrogens with zero attached hydrogens (tertiary/aromatic N) is 1. The lowest BCUT2D eigenvalue weighted by Gasteiger charge is -2.26. The summed E-state index contributed by atoms with van der Waals surface area (Å²) in [6, 6.07) is 0.0107. The average Bonchev–Trinajstić information content (AvgIpc) is 2.40. The Labute approximate surface area is 121 Å². The minimum absolute atomic E-state index is 0.0107. The molecule has 1 rings (SSSR count). The minimum atomic E-state index is -0.368. The van der Waals surface area contributed by atoms with E-state index in [9.17, 15) is 9.59 Å². The molecular formula is C15H27NO4. The molecule has 0 aliphatic heterocycles. The van der Waals surface area contributed by atoms with Gasteiger partial charge in [-0.25, -0.2) is 4.79 Å². The van der Waals surface area contributed by atoms with Gasteiger partial charge < -0.3 is 14.4 Å². The van der Waals surface area contributed by atoms with Crippen molar-refractivity contribution in [2.45, 2.75) is 71.4 Å². The van der Waals surface area contributed by atoms with E-state index in [1.54, 1.807) is 11.8 Å². The molecule has 0 unspecified atom stereocenters. The monoisotopic (exact) mass is 285 g/mol. The molecule has 0 spiro atoms. The van der Waals surface area contributed by atoms with Crippen molar-refractivity contribution >= 4 is 12.1 Å². The maximum atomic E-state index is 11.8. The predicted molar refractivity (Wildman–Crippen MR) is 76.4 cm³/mol. The second-order valence-electron chi connectivity index (χ2n) is 5.49. The predicted octanol–water partition coefficient (Wildman–Crippen LogP) is 3.12. The molecule has 0 radical (unpaired) electrons. The summed E-state index contributed by atoms with van der Waals surface area (Å²) < 4.78 is 10.4. The Bertz CT molecular complexity index is 311. The Morgan fingerprint density at radius 3 is 2.40 bits per heavy atom. The molecule has 0 aromatic heterocycles. The van der Waals surface area contributed by atoms with Crippen LogP contribution in [-0.4, -0.2) is 42.3 Å². The lowest BCUT2D eigenvalue weighted by molar-refractivity contribution is -0.150. The molecule has 5 nitrogen and oxygen atoms in total. The van der Waals surface area contributed by atoms with Crippen molar-refractivity contribution in [3.8, 4) is 0 Å². The van der Waals surface area contributed by atoms with E-state index in [4.69, 9.17) is 9.47 Å². The van der Waals surface area contributed by atoms with Crippen molar-refractivity contribution < 1.29 is 19.1 Å². The van der Waals surface area contributed by atoms with E-state index in [0.29, 0.717) is 13.2 Å². The van der Waals surface area contributed by atoms with E-state index in [1.807, 2.05) is 13.8 Å². The molecule has 0 aromatic rings. The largest absolute Gasteiger partial charge is 0.462 e. The molecule has 1 aliphatic rings. The zero-order chi connectivity index (χ0) is 15.0. The summed E-state index contributed by atoms with van der Waals surface area (Å²) in [7, 11) is 0. The fourth-order valence-corrected chi connectivity index (χ4v) is 2.41. The lowest BCUT2D eigenvalue weighted by Crippen LogP contribution is -2.39. The standard InChI is InChI=1S/C15H27NO4/c1-4-19-15(18)16(12(2)3)11-10-14(17)20-13-8-6-5-7-9-13/h12-13H,4-11H2,1-3H3. The molecule has 1 amide bonds. The molecule has 1 saturated carbocycles. The average molecular weight is 285 g/mol. The first-order valence-electron chi connectivity index (χ1n) is 7.67. The summed E-state index contributed by atoms with van der Waals surface area (Å²) >= 11 is 0. The zero-order valence-corrected chi connectivity index (χ0v) is 12.9. The van der Waals surface area contributed by atoms with Crippen molar-refractivity contribution in [3.63, 3.8) is 0 Å². The Balaban J connectivity index is 2.34. The normalized spacial score (nSPS) is 16.0. The van der Waals surface area contributed by atoms with E-state index in [1.165, 1.54) is 6.42 Å². The first kappa shape index (κ1) is 16.8. The van der Waals surface area contributed by atoms with Gasteiger partial charge >= 0.3 is 12.1 Å². The number of carbonyl (C=O) groups is 2. The molecule has 116 valence electrons. The van der Waals surface area contributed by atoms with Gasteiger partial charge in [0.15, 0.2) is 0 Å². The molecule has 5 heteroatoms. The second-order valence-corrected chi connectivity index (χ2v) is 5.49. The summed E-state index contributed by atoms with van der Waals surface area (Å²) in [5.74, 6) is -0.216. The highest BCUT2D eigenvalue weighted by Crippen LogP contribution is 2.20. The molecule has 0 N–H and O–H groups in total. The summed E-state index contributed by atoms with van der Waals surface area (Å²) in [6.45, 7) is 6.27. The van der Waals surface area contributed by atoms with Gasteiger partial charge in [-0.15, -0.1) is 0 Å². The number of hydrogen-bond acceptors (Lipinski definition) is 4. The molecule has 1 fully saturated rings. The highest BCUT2D eigenvalue weighted by Gasteiger charge is 2.21. The van der Waals surface area contributed by atoms with Crippen molar-refractivity contribution in [3.05, 3.63) is 0 Å². The van der Waals surface area contributed by atoms with Gasteiger partial charge in [-0.3, -0.25) is 4.79 Å². The third kappa shape index (κ3) is 5.80. The molecule has 0 bridgehead atoms.